The highest BCUT2D eigenvalue weighted by molar-refractivity contribution is 7.90. The van der Waals surface area contributed by atoms with Crippen molar-refractivity contribution in [1.29, 1.82) is 0 Å². The topological polar surface area (TPSA) is 58.4 Å². The van der Waals surface area contributed by atoms with E-state index in [-0.39, 0.29) is 16.2 Å². The molecule has 0 amide bonds. The Morgan fingerprint density at radius 3 is 1.62 bits per heavy atom. The van der Waals surface area contributed by atoms with Crippen molar-refractivity contribution in [3.63, 3.8) is 0 Å². The van der Waals surface area contributed by atoms with Gasteiger partial charge in [0.2, 0.25) is 0 Å². The monoisotopic (exact) mass is 528 g/mol. The zero-order valence-corrected chi connectivity index (χ0v) is 21.9. The molecule has 6 nitrogen and oxygen atoms in total. The summed E-state index contributed by atoms with van der Waals surface area (Å²) in [5.41, 5.74) is 2.01. The largest absolute Gasteiger partial charge is 0.435 e. The zero-order valence-electron chi connectivity index (χ0n) is 21.1. The number of benzene rings is 3. The standard InChI is InChI=1S/C27H27F3N4O2S/c1-32(2)20-10-6-18(7-11-20)24-25(19-8-16-23(17-9-19)37(5,35)36)34(31-26(24)27(28,29)30)22-14-12-21(13-15-22)33(3)4/h6-17H,1-5H3. The molecule has 0 spiro atoms. The Morgan fingerprint density at radius 1 is 0.730 bits per heavy atom. The Morgan fingerprint density at radius 2 is 1.19 bits per heavy atom. The molecular weight excluding hydrogens is 501 g/mol. The van der Waals surface area contributed by atoms with Crippen LogP contribution in [0.1, 0.15) is 5.69 Å². The first-order valence-corrected chi connectivity index (χ1v) is 13.2. The van der Waals surface area contributed by atoms with Crippen LogP contribution in [0.2, 0.25) is 0 Å². The third kappa shape index (κ3) is 5.34. The van der Waals surface area contributed by atoms with Crippen LogP contribution < -0.4 is 9.80 Å². The highest BCUT2D eigenvalue weighted by Crippen LogP contribution is 2.44. The molecule has 0 unspecified atom stereocenters. The Bertz CT molecular complexity index is 1510. The summed E-state index contributed by atoms with van der Waals surface area (Å²) < 4.78 is 68.4. The second-order valence-corrected chi connectivity index (χ2v) is 11.1. The van der Waals surface area contributed by atoms with E-state index in [0.29, 0.717) is 16.8 Å². The minimum absolute atomic E-state index is 0.0746. The molecule has 0 aliphatic carbocycles. The molecule has 0 aliphatic heterocycles. The molecule has 1 heterocycles. The molecule has 0 bridgehead atoms. The molecule has 4 aromatic rings. The Balaban J connectivity index is 2.03. The number of hydrogen-bond donors (Lipinski definition) is 0. The summed E-state index contributed by atoms with van der Waals surface area (Å²) in [5, 5.41) is 4.06. The molecule has 0 radical (unpaired) electrons. The molecule has 3 aromatic carbocycles. The van der Waals surface area contributed by atoms with Gasteiger partial charge in [0.05, 0.1) is 16.3 Å². The van der Waals surface area contributed by atoms with E-state index in [1.807, 2.05) is 38.0 Å². The summed E-state index contributed by atoms with van der Waals surface area (Å²) in [6.07, 6.45) is -3.65. The van der Waals surface area contributed by atoms with E-state index in [2.05, 4.69) is 5.10 Å². The van der Waals surface area contributed by atoms with Crippen molar-refractivity contribution < 1.29 is 21.6 Å². The first-order chi connectivity index (χ1) is 17.3. The lowest BCUT2D eigenvalue weighted by Gasteiger charge is -2.15. The molecule has 0 atom stereocenters. The maximum absolute atomic E-state index is 14.4. The van der Waals surface area contributed by atoms with Crippen molar-refractivity contribution in [2.45, 2.75) is 11.1 Å². The van der Waals surface area contributed by atoms with Crippen LogP contribution in [0.4, 0.5) is 24.5 Å². The lowest BCUT2D eigenvalue weighted by Crippen LogP contribution is -2.10. The first-order valence-electron chi connectivity index (χ1n) is 11.3. The Labute approximate surface area is 214 Å². The van der Waals surface area contributed by atoms with Gasteiger partial charge in [-0.2, -0.15) is 18.3 Å². The third-order valence-corrected chi connectivity index (χ3v) is 7.12. The van der Waals surface area contributed by atoms with Crippen LogP contribution >= 0.6 is 0 Å². The fourth-order valence-electron chi connectivity index (χ4n) is 4.02. The normalized spacial score (nSPS) is 12.0. The summed E-state index contributed by atoms with van der Waals surface area (Å²) in [6, 6.07) is 19.6. The van der Waals surface area contributed by atoms with Crippen LogP contribution in [0.3, 0.4) is 0 Å². The van der Waals surface area contributed by atoms with Gasteiger partial charge in [0, 0.05) is 56.9 Å². The second kappa shape index (κ2) is 9.59. The van der Waals surface area contributed by atoms with Gasteiger partial charge in [-0.3, -0.25) is 0 Å². The number of aromatic nitrogens is 2. The van der Waals surface area contributed by atoms with Crippen molar-refractivity contribution in [2.75, 3.05) is 44.2 Å². The van der Waals surface area contributed by atoms with Crippen LogP contribution in [0.15, 0.2) is 77.7 Å². The van der Waals surface area contributed by atoms with Crippen LogP contribution in [0, 0.1) is 0 Å². The van der Waals surface area contributed by atoms with E-state index in [9.17, 15) is 21.6 Å². The maximum Gasteiger partial charge on any atom is 0.435 e. The SMILES string of the molecule is CN(C)c1ccc(-c2c(C(F)(F)F)nn(-c3ccc(N(C)C)cc3)c2-c2ccc(S(C)(=O)=O)cc2)cc1. The predicted molar refractivity (Wildman–Crippen MR) is 141 cm³/mol. The molecule has 0 saturated heterocycles. The average molecular weight is 529 g/mol. The summed E-state index contributed by atoms with van der Waals surface area (Å²) in [7, 11) is 3.95. The van der Waals surface area contributed by atoms with Crippen LogP contribution in [-0.4, -0.2) is 52.6 Å². The summed E-state index contributed by atoms with van der Waals surface area (Å²) in [6.45, 7) is 0. The number of anilines is 2. The smallest absolute Gasteiger partial charge is 0.378 e. The van der Waals surface area contributed by atoms with Gasteiger partial charge in [-0.25, -0.2) is 13.1 Å². The Kier molecular flexibility index (Phi) is 6.81. The lowest BCUT2D eigenvalue weighted by molar-refractivity contribution is -0.140. The predicted octanol–water partition coefficient (Wildman–Crippen LogP) is 5.76. The van der Waals surface area contributed by atoms with E-state index >= 15 is 0 Å². The fraction of sp³-hybridized carbons (Fsp3) is 0.222. The molecule has 37 heavy (non-hydrogen) atoms. The highest BCUT2D eigenvalue weighted by atomic mass is 32.2. The van der Waals surface area contributed by atoms with Crippen LogP contribution in [0.25, 0.3) is 28.1 Å². The lowest BCUT2D eigenvalue weighted by atomic mass is 9.98. The summed E-state index contributed by atoms with van der Waals surface area (Å²) >= 11 is 0. The molecule has 0 saturated carbocycles. The van der Waals surface area contributed by atoms with Crippen molar-refractivity contribution in [2.24, 2.45) is 0 Å². The number of alkyl halides is 3. The molecule has 1 aromatic heterocycles. The maximum atomic E-state index is 14.4. The number of halogens is 3. The quantitative estimate of drug-likeness (QED) is 0.319. The van der Waals surface area contributed by atoms with Gasteiger partial charge in [0.25, 0.3) is 0 Å². The molecule has 194 valence electrons. The first kappa shape index (κ1) is 26.3. The van der Waals surface area contributed by atoms with Crippen molar-refractivity contribution in [3.05, 3.63) is 78.5 Å². The minimum atomic E-state index is -4.73. The van der Waals surface area contributed by atoms with E-state index < -0.39 is 21.7 Å². The number of hydrogen-bond acceptors (Lipinski definition) is 5. The van der Waals surface area contributed by atoms with Crippen LogP contribution in [-0.2, 0) is 16.0 Å². The van der Waals surface area contributed by atoms with Gasteiger partial charge in [-0.05, 0) is 54.1 Å². The van der Waals surface area contributed by atoms with Crippen LogP contribution in [0.5, 0.6) is 0 Å². The molecule has 10 heteroatoms. The van der Waals surface area contributed by atoms with Gasteiger partial charge in [0.1, 0.15) is 0 Å². The van der Waals surface area contributed by atoms with Gasteiger partial charge in [-0.1, -0.05) is 24.3 Å². The minimum Gasteiger partial charge on any atom is -0.378 e. The van der Waals surface area contributed by atoms with E-state index in [1.165, 1.54) is 28.9 Å². The van der Waals surface area contributed by atoms with Gasteiger partial charge >= 0.3 is 6.18 Å². The third-order valence-electron chi connectivity index (χ3n) is 5.99. The molecule has 4 rings (SSSR count). The summed E-state index contributed by atoms with van der Waals surface area (Å²) in [4.78, 5) is 3.82. The Hall–Kier alpha value is -3.79. The molecule has 0 aliphatic rings. The second-order valence-electron chi connectivity index (χ2n) is 9.13. The van der Waals surface area contributed by atoms with Crippen molar-refractivity contribution >= 4 is 21.2 Å². The van der Waals surface area contributed by atoms with Crippen molar-refractivity contribution in [3.8, 4) is 28.1 Å². The van der Waals surface area contributed by atoms with E-state index in [0.717, 1.165) is 17.6 Å². The van der Waals surface area contributed by atoms with Gasteiger partial charge in [-0.15, -0.1) is 0 Å². The van der Waals surface area contributed by atoms with Gasteiger partial charge < -0.3 is 9.80 Å². The zero-order chi connectivity index (χ0) is 27.1. The fourth-order valence-corrected chi connectivity index (χ4v) is 4.65. The summed E-state index contributed by atoms with van der Waals surface area (Å²) in [5.74, 6) is 0. The number of nitrogens with zero attached hydrogens (tertiary/aromatic N) is 4. The molecular formula is C27H27F3N4O2S. The van der Waals surface area contributed by atoms with Crippen molar-refractivity contribution in [1.82, 2.24) is 9.78 Å². The average Bonchev–Trinajstić information content (AvgIpc) is 3.25. The van der Waals surface area contributed by atoms with Gasteiger partial charge in [0.15, 0.2) is 15.5 Å². The molecule has 0 fully saturated rings. The number of rotatable bonds is 6. The number of sulfone groups is 1. The molecule has 0 N–H and O–H groups in total. The van der Waals surface area contributed by atoms with E-state index in [4.69, 9.17) is 0 Å². The highest BCUT2D eigenvalue weighted by Gasteiger charge is 2.40. The van der Waals surface area contributed by atoms with E-state index in [1.54, 1.807) is 48.5 Å².